The molecule has 2 aromatic rings. The lowest BCUT2D eigenvalue weighted by Gasteiger charge is -2.33. The normalized spacial score (nSPS) is 19.7. The molecule has 9 heteroatoms. The molecule has 0 aromatic carbocycles. The predicted octanol–water partition coefficient (Wildman–Crippen LogP) is 1.32. The van der Waals surface area contributed by atoms with Crippen LogP contribution >= 0.6 is 0 Å². The zero-order valence-corrected chi connectivity index (χ0v) is 13.4. The zero-order chi connectivity index (χ0) is 16.2. The Morgan fingerprint density at radius 3 is 3.09 bits per heavy atom. The van der Waals surface area contributed by atoms with E-state index in [1.54, 1.807) is 4.90 Å². The Hall–Kier alpha value is -2.32. The lowest BCUT2D eigenvalue weighted by Crippen LogP contribution is -2.40. The number of nitrogens with zero attached hydrogens (tertiary/aromatic N) is 7. The first-order chi connectivity index (χ1) is 11.2. The van der Waals surface area contributed by atoms with Gasteiger partial charge in [-0.25, -0.2) is 4.68 Å². The summed E-state index contributed by atoms with van der Waals surface area (Å²) in [5.74, 6) is 1.46. The minimum absolute atomic E-state index is 0.0368. The Bertz CT molecular complexity index is 639. The summed E-state index contributed by atoms with van der Waals surface area (Å²) in [5, 5.41) is 14.9. The number of aromatic nitrogens is 6. The van der Waals surface area contributed by atoms with E-state index >= 15 is 0 Å². The van der Waals surface area contributed by atoms with Crippen LogP contribution in [0.25, 0.3) is 0 Å². The number of tetrazole rings is 1. The number of carbonyl (C=O) groups is 1. The van der Waals surface area contributed by atoms with Crippen molar-refractivity contribution in [2.24, 2.45) is 0 Å². The van der Waals surface area contributed by atoms with E-state index in [9.17, 15) is 4.79 Å². The highest BCUT2D eigenvalue weighted by atomic mass is 16.5. The van der Waals surface area contributed by atoms with Gasteiger partial charge in [0.05, 0.1) is 0 Å². The summed E-state index contributed by atoms with van der Waals surface area (Å²) in [6.07, 6.45) is 5.24. The maximum atomic E-state index is 12.6. The average Bonchev–Trinajstić information content (AvgIpc) is 3.25. The summed E-state index contributed by atoms with van der Waals surface area (Å²) in [7, 11) is 0. The van der Waals surface area contributed by atoms with Crippen molar-refractivity contribution in [3.05, 3.63) is 18.0 Å². The fraction of sp³-hybridized carbons (Fsp3) is 0.714. The Morgan fingerprint density at radius 2 is 2.35 bits per heavy atom. The zero-order valence-electron chi connectivity index (χ0n) is 13.4. The van der Waals surface area contributed by atoms with Gasteiger partial charge in [0.15, 0.2) is 5.82 Å². The van der Waals surface area contributed by atoms with Gasteiger partial charge in [0.2, 0.25) is 11.8 Å². The van der Waals surface area contributed by atoms with Crippen molar-refractivity contribution >= 4 is 5.91 Å². The Labute approximate surface area is 134 Å². The summed E-state index contributed by atoms with van der Waals surface area (Å²) < 4.78 is 6.86. The minimum atomic E-state index is -0.155. The van der Waals surface area contributed by atoms with E-state index in [0.717, 1.165) is 25.7 Å². The fourth-order valence-electron chi connectivity index (χ4n) is 2.73. The maximum absolute atomic E-state index is 12.6. The second kappa shape index (κ2) is 6.84. The highest BCUT2D eigenvalue weighted by Crippen LogP contribution is 2.31. The molecule has 124 valence electrons. The molecular weight excluding hydrogens is 298 g/mol. The van der Waals surface area contributed by atoms with Crippen LogP contribution in [0.1, 0.15) is 63.2 Å². The summed E-state index contributed by atoms with van der Waals surface area (Å²) in [5.41, 5.74) is 0. The second-order valence-electron chi connectivity index (χ2n) is 5.91. The van der Waals surface area contributed by atoms with Crippen LogP contribution < -0.4 is 0 Å². The van der Waals surface area contributed by atoms with Gasteiger partial charge in [-0.2, -0.15) is 4.98 Å². The SMILES string of the molecule is CC[C@H](C)c1noc([C@@H]2CCCCN2C(=O)Cn2cnnn2)n1. The Morgan fingerprint density at radius 1 is 1.48 bits per heavy atom. The third kappa shape index (κ3) is 3.38. The number of hydrogen-bond acceptors (Lipinski definition) is 7. The molecule has 0 N–H and O–H groups in total. The molecule has 1 aliphatic rings. The van der Waals surface area contributed by atoms with Gasteiger partial charge in [0.1, 0.15) is 18.9 Å². The molecule has 1 saturated heterocycles. The van der Waals surface area contributed by atoms with Crippen LogP contribution in [0.3, 0.4) is 0 Å². The third-order valence-electron chi connectivity index (χ3n) is 4.31. The number of rotatable bonds is 5. The molecule has 0 radical (unpaired) electrons. The summed E-state index contributed by atoms with van der Waals surface area (Å²) in [6, 6.07) is -0.155. The van der Waals surface area contributed by atoms with Crippen molar-refractivity contribution in [2.45, 2.75) is 58.0 Å². The summed E-state index contributed by atoms with van der Waals surface area (Å²) in [4.78, 5) is 18.9. The second-order valence-corrected chi connectivity index (χ2v) is 5.91. The molecule has 1 fully saturated rings. The predicted molar refractivity (Wildman–Crippen MR) is 79.1 cm³/mol. The van der Waals surface area contributed by atoms with E-state index in [0.29, 0.717) is 18.3 Å². The van der Waals surface area contributed by atoms with Crippen molar-refractivity contribution in [2.75, 3.05) is 6.54 Å². The largest absolute Gasteiger partial charge is 0.337 e. The van der Waals surface area contributed by atoms with Gasteiger partial charge in [0.25, 0.3) is 0 Å². The van der Waals surface area contributed by atoms with E-state index in [2.05, 4.69) is 39.5 Å². The van der Waals surface area contributed by atoms with Crippen molar-refractivity contribution in [1.29, 1.82) is 0 Å². The van der Waals surface area contributed by atoms with Crippen LogP contribution in [0.4, 0.5) is 0 Å². The molecule has 1 amide bonds. The summed E-state index contributed by atoms with van der Waals surface area (Å²) in [6.45, 7) is 4.96. The molecule has 2 aromatic heterocycles. The standard InChI is InChI=1S/C14H21N7O2/c1-3-10(2)13-16-14(23-17-13)11-6-4-5-7-21(11)12(22)8-20-9-15-18-19-20/h9-11H,3-8H2,1-2H3/t10-,11-/m0/s1. The number of piperidine rings is 1. The number of amides is 1. The molecule has 0 spiro atoms. The Kier molecular flexibility index (Phi) is 4.63. The first kappa shape index (κ1) is 15.6. The van der Waals surface area contributed by atoms with Crippen LogP contribution in [0, 0.1) is 0 Å². The van der Waals surface area contributed by atoms with Crippen molar-refractivity contribution in [1.82, 2.24) is 35.2 Å². The van der Waals surface area contributed by atoms with Crippen LogP contribution in [0.2, 0.25) is 0 Å². The van der Waals surface area contributed by atoms with Gasteiger partial charge in [0, 0.05) is 12.5 Å². The number of likely N-dealkylation sites (tertiary alicyclic amines) is 1. The topological polar surface area (TPSA) is 103 Å². The molecule has 1 aliphatic heterocycles. The van der Waals surface area contributed by atoms with Crippen LogP contribution in [0.5, 0.6) is 0 Å². The van der Waals surface area contributed by atoms with Crippen LogP contribution in [-0.4, -0.2) is 47.7 Å². The van der Waals surface area contributed by atoms with E-state index < -0.39 is 0 Å². The van der Waals surface area contributed by atoms with Crippen molar-refractivity contribution < 1.29 is 9.32 Å². The van der Waals surface area contributed by atoms with Gasteiger partial charge in [-0.15, -0.1) is 5.10 Å². The van der Waals surface area contributed by atoms with Gasteiger partial charge < -0.3 is 9.42 Å². The molecule has 2 atom stereocenters. The van der Waals surface area contributed by atoms with Crippen molar-refractivity contribution in [3.8, 4) is 0 Å². The van der Waals surface area contributed by atoms with Crippen molar-refractivity contribution in [3.63, 3.8) is 0 Å². The van der Waals surface area contributed by atoms with E-state index in [4.69, 9.17) is 4.52 Å². The number of carbonyl (C=O) groups excluding carboxylic acids is 1. The molecule has 0 bridgehead atoms. The van der Waals surface area contributed by atoms with E-state index in [1.165, 1.54) is 11.0 Å². The fourth-order valence-corrected chi connectivity index (χ4v) is 2.73. The first-order valence-corrected chi connectivity index (χ1v) is 8.02. The molecule has 0 aliphatic carbocycles. The molecular formula is C14H21N7O2. The quantitative estimate of drug-likeness (QED) is 0.818. The monoisotopic (exact) mass is 319 g/mol. The summed E-state index contributed by atoms with van der Waals surface area (Å²) >= 11 is 0. The molecule has 0 saturated carbocycles. The Balaban J connectivity index is 1.75. The van der Waals surface area contributed by atoms with Crippen LogP contribution in [-0.2, 0) is 11.3 Å². The molecule has 0 unspecified atom stereocenters. The highest BCUT2D eigenvalue weighted by molar-refractivity contribution is 5.76. The highest BCUT2D eigenvalue weighted by Gasteiger charge is 2.32. The lowest BCUT2D eigenvalue weighted by atomic mass is 10.0. The molecule has 3 heterocycles. The smallest absolute Gasteiger partial charge is 0.249 e. The number of hydrogen-bond donors (Lipinski definition) is 0. The van der Waals surface area contributed by atoms with Gasteiger partial charge in [-0.1, -0.05) is 19.0 Å². The average molecular weight is 319 g/mol. The van der Waals surface area contributed by atoms with E-state index in [-0.39, 0.29) is 24.4 Å². The minimum Gasteiger partial charge on any atom is -0.337 e. The lowest BCUT2D eigenvalue weighted by molar-refractivity contribution is -0.136. The van der Waals surface area contributed by atoms with E-state index in [1.807, 2.05) is 0 Å². The van der Waals surface area contributed by atoms with Crippen LogP contribution in [0.15, 0.2) is 10.9 Å². The molecule has 3 rings (SSSR count). The molecule has 9 nitrogen and oxygen atoms in total. The first-order valence-electron chi connectivity index (χ1n) is 8.02. The van der Waals surface area contributed by atoms with Gasteiger partial charge in [-0.3, -0.25) is 4.79 Å². The van der Waals surface area contributed by atoms with Gasteiger partial charge in [-0.05, 0) is 36.1 Å². The van der Waals surface area contributed by atoms with Gasteiger partial charge >= 0.3 is 0 Å². The molecule has 23 heavy (non-hydrogen) atoms. The third-order valence-corrected chi connectivity index (χ3v) is 4.31. The maximum Gasteiger partial charge on any atom is 0.249 e.